The Labute approximate surface area is 333 Å². The Hall–Kier alpha value is -5.17. The molecule has 296 valence electrons. The van der Waals surface area contributed by atoms with Crippen LogP contribution in [0.3, 0.4) is 0 Å². The largest absolute Gasteiger partial charge is 0.473 e. The molecule has 11 heteroatoms. The van der Waals surface area contributed by atoms with Crippen molar-refractivity contribution < 1.29 is 29.3 Å². The average Bonchev–Trinajstić information content (AvgIpc) is 3.79. The molecule has 3 unspecified atom stereocenters. The number of carbonyl (C=O) groups is 2. The predicted molar refractivity (Wildman–Crippen MR) is 218 cm³/mol. The molecule has 0 saturated carbocycles. The van der Waals surface area contributed by atoms with E-state index in [0.717, 1.165) is 74.1 Å². The second-order valence-corrected chi connectivity index (χ2v) is 15.6. The highest BCUT2D eigenvalue weighted by Crippen LogP contribution is 2.26. The number of aliphatic hydroxyl groups excluding tert-OH is 2. The fourth-order valence-electron chi connectivity index (χ4n) is 8.19. The van der Waals surface area contributed by atoms with E-state index in [0.29, 0.717) is 49.2 Å². The van der Waals surface area contributed by atoms with Crippen molar-refractivity contribution in [3.8, 4) is 5.88 Å². The summed E-state index contributed by atoms with van der Waals surface area (Å²) >= 11 is 0. The Morgan fingerprint density at radius 3 is 2.19 bits per heavy atom. The van der Waals surface area contributed by atoms with E-state index in [-0.39, 0.29) is 24.9 Å². The van der Waals surface area contributed by atoms with Crippen LogP contribution in [0.1, 0.15) is 66.4 Å². The van der Waals surface area contributed by atoms with Crippen molar-refractivity contribution >= 4 is 22.7 Å². The Kier molecular flexibility index (Phi) is 12.2. The fourth-order valence-corrected chi connectivity index (χ4v) is 8.19. The zero-order valence-corrected chi connectivity index (χ0v) is 32.2. The SMILES string of the molecule is O=C(NCC(O)CN1CCc2ccccc2C1)c1ccc2nc(OCc3ccc4c(c3)CCN(CC(O)CNC(=O)c3cccc(C5CCOC5)c3)C4)ccc2c1. The van der Waals surface area contributed by atoms with Crippen LogP contribution in [0, 0.1) is 0 Å². The first-order chi connectivity index (χ1) is 27.8. The zero-order chi connectivity index (χ0) is 39.1. The van der Waals surface area contributed by atoms with Gasteiger partial charge in [0.15, 0.2) is 0 Å². The number of ether oxygens (including phenoxy) is 2. The molecule has 4 heterocycles. The number of carbonyl (C=O) groups excluding carboxylic acids is 2. The van der Waals surface area contributed by atoms with Crippen molar-refractivity contribution in [2.24, 2.45) is 0 Å². The Morgan fingerprint density at radius 1 is 0.754 bits per heavy atom. The summed E-state index contributed by atoms with van der Waals surface area (Å²) in [6, 6.07) is 31.6. The number of nitrogens with one attached hydrogen (secondary N) is 2. The minimum Gasteiger partial charge on any atom is -0.473 e. The molecule has 2 amide bonds. The summed E-state index contributed by atoms with van der Waals surface area (Å²) in [4.78, 5) is 34.9. The minimum atomic E-state index is -0.680. The molecular weight excluding hydrogens is 719 g/mol. The molecule has 1 saturated heterocycles. The average molecular weight is 770 g/mol. The Morgan fingerprint density at radius 2 is 1.46 bits per heavy atom. The second-order valence-electron chi connectivity index (χ2n) is 15.6. The molecule has 8 rings (SSSR count). The van der Waals surface area contributed by atoms with E-state index in [9.17, 15) is 19.8 Å². The van der Waals surface area contributed by atoms with Gasteiger partial charge in [0.05, 0.1) is 24.3 Å². The molecule has 3 atom stereocenters. The lowest BCUT2D eigenvalue weighted by Crippen LogP contribution is -2.42. The molecule has 1 fully saturated rings. The van der Waals surface area contributed by atoms with Crippen LogP contribution >= 0.6 is 0 Å². The van der Waals surface area contributed by atoms with Crippen molar-refractivity contribution in [2.45, 2.75) is 57.1 Å². The maximum Gasteiger partial charge on any atom is 0.251 e. The Balaban J connectivity index is 0.771. The van der Waals surface area contributed by atoms with E-state index >= 15 is 0 Å². The molecule has 3 aliphatic rings. The quantitative estimate of drug-likeness (QED) is 0.128. The second kappa shape index (κ2) is 18.0. The molecule has 57 heavy (non-hydrogen) atoms. The number of benzene rings is 4. The van der Waals surface area contributed by atoms with Crippen molar-refractivity contribution in [2.75, 3.05) is 52.5 Å². The highest BCUT2D eigenvalue weighted by atomic mass is 16.5. The predicted octanol–water partition coefficient (Wildman–Crippen LogP) is 4.62. The van der Waals surface area contributed by atoms with E-state index < -0.39 is 12.2 Å². The highest BCUT2D eigenvalue weighted by Gasteiger charge is 2.22. The lowest BCUT2D eigenvalue weighted by atomic mass is 9.96. The summed E-state index contributed by atoms with van der Waals surface area (Å²) in [6.07, 6.45) is 1.45. The van der Waals surface area contributed by atoms with Gasteiger partial charge < -0.3 is 30.3 Å². The van der Waals surface area contributed by atoms with Crippen LogP contribution in [0.2, 0.25) is 0 Å². The van der Waals surface area contributed by atoms with Gasteiger partial charge in [-0.05, 0) is 89.0 Å². The summed E-state index contributed by atoms with van der Waals surface area (Å²) in [7, 11) is 0. The molecule has 5 aromatic rings. The number of aromatic nitrogens is 1. The van der Waals surface area contributed by atoms with Gasteiger partial charge in [-0.15, -0.1) is 0 Å². The van der Waals surface area contributed by atoms with Gasteiger partial charge >= 0.3 is 0 Å². The summed E-state index contributed by atoms with van der Waals surface area (Å²) in [5.74, 6) is 0.426. The number of fused-ring (bicyclic) bond motifs is 3. The van der Waals surface area contributed by atoms with Crippen molar-refractivity contribution in [3.05, 3.63) is 142 Å². The van der Waals surface area contributed by atoms with E-state index in [4.69, 9.17) is 9.47 Å². The first-order valence-corrected chi connectivity index (χ1v) is 20.1. The van der Waals surface area contributed by atoms with Gasteiger partial charge in [0, 0.05) is 87.5 Å². The minimum absolute atomic E-state index is 0.176. The number of pyridine rings is 1. The number of hydrogen-bond acceptors (Lipinski definition) is 9. The van der Waals surface area contributed by atoms with Gasteiger partial charge in [-0.3, -0.25) is 19.4 Å². The third kappa shape index (κ3) is 9.87. The number of aliphatic hydroxyl groups is 2. The van der Waals surface area contributed by atoms with Gasteiger partial charge in [0.2, 0.25) is 5.88 Å². The lowest BCUT2D eigenvalue weighted by Gasteiger charge is -2.30. The monoisotopic (exact) mass is 769 g/mol. The van der Waals surface area contributed by atoms with Crippen LogP contribution in [-0.2, 0) is 37.3 Å². The van der Waals surface area contributed by atoms with Crippen LogP contribution < -0.4 is 15.4 Å². The molecule has 1 aromatic heterocycles. The van der Waals surface area contributed by atoms with Gasteiger partial charge in [-0.25, -0.2) is 4.98 Å². The number of amides is 2. The molecule has 4 aromatic carbocycles. The zero-order valence-electron chi connectivity index (χ0n) is 32.2. The maximum absolute atomic E-state index is 13.0. The number of β-amino-alcohol motifs (C(OH)–C–C–N with tert-alkyl or cyclic N) is 2. The molecule has 0 spiro atoms. The summed E-state index contributed by atoms with van der Waals surface area (Å²) in [5, 5.41) is 28.1. The van der Waals surface area contributed by atoms with Crippen molar-refractivity contribution in [3.63, 3.8) is 0 Å². The molecule has 0 bridgehead atoms. The standard InChI is InChI=1S/C46H51N5O6/c52-41(23-47-45(54)36-7-3-6-33(21-36)40-16-19-56-30-40)28-51-18-15-34-20-31(8-9-39(34)26-51)29-57-44-13-11-35-22-37(10-12-43(35)49-44)46(55)48-24-42(53)27-50-17-14-32-4-1-2-5-38(32)25-50/h1-13,20-22,40-42,52-53H,14-19,23-30H2,(H,47,54)(H,48,55). The lowest BCUT2D eigenvalue weighted by molar-refractivity contribution is 0.0839. The number of hydrogen-bond donors (Lipinski definition) is 4. The third-order valence-corrected chi connectivity index (χ3v) is 11.4. The van der Waals surface area contributed by atoms with E-state index in [1.807, 2.05) is 54.6 Å². The summed E-state index contributed by atoms with van der Waals surface area (Å²) in [6.45, 7) is 6.42. The normalized spacial score (nSPS) is 18.0. The van der Waals surface area contributed by atoms with E-state index in [1.165, 1.54) is 22.3 Å². The van der Waals surface area contributed by atoms with Crippen LogP contribution in [-0.4, -0.2) is 102 Å². The van der Waals surface area contributed by atoms with Crippen LogP contribution in [0.5, 0.6) is 5.88 Å². The topological polar surface area (TPSA) is 136 Å². The first-order valence-electron chi connectivity index (χ1n) is 20.1. The smallest absolute Gasteiger partial charge is 0.251 e. The van der Waals surface area contributed by atoms with Crippen LogP contribution in [0.15, 0.2) is 97.1 Å². The molecule has 0 aliphatic carbocycles. The summed E-state index contributed by atoms with van der Waals surface area (Å²) in [5.41, 5.74) is 9.18. The molecule has 11 nitrogen and oxygen atoms in total. The summed E-state index contributed by atoms with van der Waals surface area (Å²) < 4.78 is 11.6. The molecular formula is C46H51N5O6. The van der Waals surface area contributed by atoms with E-state index in [2.05, 4.69) is 61.8 Å². The Bertz CT molecular complexity index is 2210. The van der Waals surface area contributed by atoms with Gasteiger partial charge in [-0.1, -0.05) is 54.6 Å². The van der Waals surface area contributed by atoms with Gasteiger partial charge in [0.25, 0.3) is 11.8 Å². The van der Waals surface area contributed by atoms with Gasteiger partial charge in [0.1, 0.15) is 6.61 Å². The van der Waals surface area contributed by atoms with Crippen LogP contribution in [0.4, 0.5) is 0 Å². The van der Waals surface area contributed by atoms with E-state index in [1.54, 1.807) is 6.07 Å². The van der Waals surface area contributed by atoms with Crippen molar-refractivity contribution in [1.29, 1.82) is 0 Å². The third-order valence-electron chi connectivity index (χ3n) is 11.4. The number of nitrogens with zero attached hydrogens (tertiary/aromatic N) is 3. The fraction of sp³-hybridized carbons (Fsp3) is 0.370. The first kappa shape index (κ1) is 38.7. The van der Waals surface area contributed by atoms with Gasteiger partial charge in [-0.2, -0.15) is 0 Å². The van der Waals surface area contributed by atoms with Crippen molar-refractivity contribution in [1.82, 2.24) is 25.4 Å². The molecule has 0 radical (unpaired) electrons. The van der Waals surface area contributed by atoms with Crippen LogP contribution in [0.25, 0.3) is 10.9 Å². The molecule has 4 N–H and O–H groups in total. The number of rotatable bonds is 14. The maximum atomic E-state index is 13.0. The highest BCUT2D eigenvalue weighted by molar-refractivity contribution is 5.98. The molecule has 3 aliphatic heterocycles.